The summed E-state index contributed by atoms with van der Waals surface area (Å²) >= 11 is 0. The van der Waals surface area contributed by atoms with Gasteiger partial charge in [-0.1, -0.05) is 95.3 Å². The number of hydrogen-bond acceptors (Lipinski definition) is 11. The minimum Gasteiger partial charge on any atom is -0.481 e. The number of amides is 7. The Balaban J connectivity index is 1.93. The molecule has 0 aliphatic rings. The van der Waals surface area contributed by atoms with Crippen molar-refractivity contribution in [2.24, 2.45) is 11.3 Å². The fourth-order valence-corrected chi connectivity index (χ4v) is 7.80. The number of aliphatic carboxylic acids is 3. The second-order valence-electron chi connectivity index (χ2n) is 19.8. The third-order valence-electron chi connectivity index (χ3n) is 11.9. The highest BCUT2D eigenvalue weighted by atomic mass is 19.4. The number of Topliss-reactive ketones (excluding diaryl/α,β-unsaturated/α-hetero) is 1. The van der Waals surface area contributed by atoms with Crippen molar-refractivity contribution in [3.63, 3.8) is 0 Å². The Morgan fingerprint density at radius 1 is 0.553 bits per heavy atom. The molecule has 21 nitrogen and oxygen atoms in total. The molecule has 0 fully saturated rings. The maximum Gasteiger partial charge on any atom is 0.391 e. The van der Waals surface area contributed by atoms with Gasteiger partial charge in [-0.3, -0.25) is 52.7 Å². The van der Waals surface area contributed by atoms with Crippen molar-refractivity contribution >= 4 is 75.8 Å². The lowest BCUT2D eigenvalue weighted by Gasteiger charge is -2.34. The third kappa shape index (κ3) is 20.8. The largest absolute Gasteiger partial charge is 0.481 e. The predicted octanol–water partition coefficient (Wildman–Crippen LogP) is 3.29. The number of rotatable bonds is 28. The molecule has 0 aliphatic carbocycles. The van der Waals surface area contributed by atoms with E-state index in [0.29, 0.717) is 16.7 Å². The summed E-state index contributed by atoms with van der Waals surface area (Å²) in [6.45, 7) is 11.0. The van der Waals surface area contributed by atoms with Crippen LogP contribution in [0.4, 0.5) is 13.2 Å². The average molecular weight is 1070 g/mol. The first-order valence-corrected chi connectivity index (χ1v) is 24.3. The minimum absolute atomic E-state index is 0.213. The fourth-order valence-electron chi connectivity index (χ4n) is 7.80. The number of fused-ring (bicyclic) bond motifs is 1. The van der Waals surface area contributed by atoms with Gasteiger partial charge < -0.3 is 52.5 Å². The van der Waals surface area contributed by atoms with E-state index in [0.717, 1.165) is 10.8 Å². The Hall–Kier alpha value is -7.92. The highest BCUT2D eigenvalue weighted by molar-refractivity contribution is 6.38. The smallest absolute Gasteiger partial charge is 0.391 e. The number of aryl methyl sites for hydroxylation is 1. The van der Waals surface area contributed by atoms with Crippen LogP contribution in [-0.4, -0.2) is 123 Å². The summed E-state index contributed by atoms with van der Waals surface area (Å²) in [5, 5.41) is 45.8. The van der Waals surface area contributed by atoms with Gasteiger partial charge in [0.1, 0.15) is 36.3 Å². The van der Waals surface area contributed by atoms with Crippen LogP contribution in [0.5, 0.6) is 0 Å². The van der Waals surface area contributed by atoms with E-state index in [-0.39, 0.29) is 12.8 Å². The van der Waals surface area contributed by atoms with Crippen molar-refractivity contribution in [1.29, 1.82) is 0 Å². The number of carboxylic acids is 3. The molecule has 414 valence electrons. The van der Waals surface area contributed by atoms with E-state index in [1.54, 1.807) is 69.3 Å². The predicted molar refractivity (Wildman–Crippen MR) is 268 cm³/mol. The molecule has 0 bridgehead atoms. The van der Waals surface area contributed by atoms with E-state index in [1.165, 1.54) is 27.7 Å². The van der Waals surface area contributed by atoms with Crippen LogP contribution >= 0.6 is 0 Å². The molecule has 0 aliphatic heterocycles. The van der Waals surface area contributed by atoms with Crippen LogP contribution in [0.1, 0.15) is 109 Å². The van der Waals surface area contributed by atoms with Gasteiger partial charge in [0.15, 0.2) is 0 Å². The quantitative estimate of drug-likeness (QED) is 0.0467. The zero-order valence-corrected chi connectivity index (χ0v) is 43.1. The van der Waals surface area contributed by atoms with Crippen molar-refractivity contribution < 1.29 is 81.2 Å². The molecule has 3 rings (SSSR count). The van der Waals surface area contributed by atoms with Gasteiger partial charge in [0.2, 0.25) is 41.2 Å². The second-order valence-corrected chi connectivity index (χ2v) is 19.8. The van der Waals surface area contributed by atoms with Gasteiger partial charge in [0.05, 0.1) is 25.3 Å². The molecule has 0 saturated heterocycles. The van der Waals surface area contributed by atoms with Gasteiger partial charge in [-0.15, -0.1) is 0 Å². The highest BCUT2D eigenvalue weighted by Crippen LogP contribution is 2.25. The molecule has 0 aromatic heterocycles. The molecule has 0 unspecified atom stereocenters. The Labute approximate surface area is 436 Å². The zero-order chi connectivity index (χ0) is 57.2. The van der Waals surface area contributed by atoms with Crippen LogP contribution in [0.15, 0.2) is 66.7 Å². The normalized spacial score (nSPS) is 14.3. The lowest BCUT2D eigenvalue weighted by Crippen LogP contribution is -2.62. The summed E-state index contributed by atoms with van der Waals surface area (Å²) in [5.41, 5.74) is 0.432. The molecule has 0 spiro atoms. The number of ketones is 1. The molecule has 10 N–H and O–H groups in total. The maximum absolute atomic E-state index is 14.5. The third-order valence-corrected chi connectivity index (χ3v) is 11.9. The molecule has 0 heterocycles. The van der Waals surface area contributed by atoms with Crippen LogP contribution < -0.4 is 37.2 Å². The van der Waals surface area contributed by atoms with Crippen LogP contribution in [0.25, 0.3) is 10.8 Å². The van der Waals surface area contributed by atoms with Crippen molar-refractivity contribution in [1.82, 2.24) is 37.2 Å². The lowest BCUT2D eigenvalue weighted by atomic mass is 9.85. The second kappa shape index (κ2) is 28.1. The van der Waals surface area contributed by atoms with Crippen molar-refractivity contribution in [2.75, 3.05) is 0 Å². The molecular weight excluding hydrogens is 1000 g/mol. The standard InChI is InChI=1S/C52H66F3N7O14/c1-27(2)22-35(46(72)61-38(26-52(53,54)55)43(70)49(75)56-29(4)32-17-16-30-13-10-11-15-33(30)23-32)60-50(76)44(51(5,6)7)62-48(74)36(24-31-14-9-8-12-28(31)3)59-45(71)34(18-20-40(64)65)58-47(73)37(25-42(68)69)57-39(63)19-21-41(66)67/h8-17,23,27,29,34-38,44H,18-22,24-26H2,1-7H3,(H,56,75)(H,57,63)(H,58,73)(H,59,71)(H,60,76)(H,61,72)(H,62,74)(H,64,65)(H,66,67)(H,68,69)/t29-,34-,35-,36-,37-,38+,44+/m0/s1. The SMILES string of the molecule is Cc1ccccc1C[C@H](NC(=O)[C@H](CCC(=O)O)NC(=O)[C@H](CC(=O)O)NC(=O)CCC(=O)O)C(=O)N[C@H](C(=O)N[C@@H](CC(C)C)C(=O)N[C@H](CC(F)(F)F)C(=O)C(=O)N[C@@H](C)c1ccc2ccccc2c1)C(C)(C)C. The molecule has 3 aromatic carbocycles. The molecule has 76 heavy (non-hydrogen) atoms. The van der Waals surface area contributed by atoms with E-state index in [2.05, 4.69) is 31.9 Å². The molecule has 0 radical (unpaired) electrons. The Bertz CT molecular complexity index is 2640. The van der Waals surface area contributed by atoms with Gasteiger partial charge in [-0.05, 0) is 71.6 Å². The van der Waals surface area contributed by atoms with E-state index in [4.69, 9.17) is 5.11 Å². The number of nitrogens with one attached hydrogen (secondary N) is 7. The number of hydrogen-bond donors (Lipinski definition) is 10. The van der Waals surface area contributed by atoms with Crippen molar-refractivity contribution in [3.05, 3.63) is 83.4 Å². The van der Waals surface area contributed by atoms with Crippen LogP contribution in [0.3, 0.4) is 0 Å². The van der Waals surface area contributed by atoms with E-state index in [9.17, 15) is 76.1 Å². The van der Waals surface area contributed by atoms with Crippen LogP contribution in [-0.2, 0) is 59.2 Å². The first kappa shape index (κ1) is 62.4. The summed E-state index contributed by atoms with van der Waals surface area (Å²) in [7, 11) is 0. The minimum atomic E-state index is -5.06. The lowest BCUT2D eigenvalue weighted by molar-refractivity contribution is -0.154. The number of carbonyl (C=O) groups excluding carboxylic acids is 8. The molecule has 0 saturated carbocycles. The first-order chi connectivity index (χ1) is 35.3. The summed E-state index contributed by atoms with van der Waals surface area (Å²) in [6.07, 6.45) is -11.2. The average Bonchev–Trinajstić information content (AvgIpc) is 3.31. The number of alkyl halides is 3. The van der Waals surface area contributed by atoms with Gasteiger partial charge >= 0.3 is 24.1 Å². The molecule has 7 atom stereocenters. The topological polar surface area (TPSA) is 333 Å². The van der Waals surface area contributed by atoms with E-state index >= 15 is 0 Å². The Morgan fingerprint density at radius 2 is 1.09 bits per heavy atom. The highest BCUT2D eigenvalue weighted by Gasteiger charge is 2.42. The summed E-state index contributed by atoms with van der Waals surface area (Å²) < 4.78 is 42.0. The maximum atomic E-state index is 14.5. The van der Waals surface area contributed by atoms with Crippen LogP contribution in [0.2, 0.25) is 0 Å². The summed E-state index contributed by atoms with van der Waals surface area (Å²) in [5.74, 6) is -14.6. The van der Waals surface area contributed by atoms with Crippen molar-refractivity contribution in [3.8, 4) is 0 Å². The van der Waals surface area contributed by atoms with Gasteiger partial charge in [-0.2, -0.15) is 13.2 Å². The molecule has 7 amide bonds. The number of carbonyl (C=O) groups is 11. The van der Waals surface area contributed by atoms with Gasteiger partial charge in [-0.25, -0.2) is 0 Å². The number of carboxylic acid groups (broad SMARTS) is 3. The fraction of sp³-hybridized carbons (Fsp3) is 0.481. The molecule has 3 aromatic rings. The van der Waals surface area contributed by atoms with Gasteiger partial charge in [0.25, 0.3) is 5.91 Å². The van der Waals surface area contributed by atoms with Gasteiger partial charge in [0, 0.05) is 19.3 Å². The first-order valence-electron chi connectivity index (χ1n) is 24.3. The zero-order valence-electron chi connectivity index (χ0n) is 43.1. The number of halogens is 3. The van der Waals surface area contributed by atoms with E-state index < -0.39 is 163 Å². The Kier molecular flexibility index (Phi) is 23.1. The monoisotopic (exact) mass is 1070 g/mol. The van der Waals surface area contributed by atoms with E-state index in [1.807, 2.05) is 23.5 Å². The van der Waals surface area contributed by atoms with Crippen LogP contribution in [0, 0.1) is 18.3 Å². The molecule has 24 heteroatoms. The summed E-state index contributed by atoms with van der Waals surface area (Å²) in [4.78, 5) is 144. The molecular formula is C52H66F3N7O14. The number of benzene rings is 3. The Morgan fingerprint density at radius 3 is 1.67 bits per heavy atom. The summed E-state index contributed by atoms with van der Waals surface area (Å²) in [6, 6.07) is 7.24. The van der Waals surface area contributed by atoms with Crippen molar-refractivity contribution in [2.45, 2.75) is 148 Å².